The van der Waals surface area contributed by atoms with Crippen LogP contribution in [0, 0.1) is 0 Å². The molecule has 0 aliphatic carbocycles. The molecule has 8 heteroatoms. The lowest BCUT2D eigenvalue weighted by molar-refractivity contribution is -0.139. The maximum Gasteiger partial charge on any atom is 0.311 e. The second-order valence-corrected chi connectivity index (χ2v) is 5.72. The fraction of sp³-hybridized carbons (Fsp3) is 0.571. The van der Waals surface area contributed by atoms with Crippen LogP contribution in [-0.2, 0) is 20.7 Å². The number of methoxy groups -OCH3 is 1. The molecule has 122 valence electrons. The van der Waals surface area contributed by atoms with E-state index in [4.69, 9.17) is 0 Å². The van der Waals surface area contributed by atoms with Crippen molar-refractivity contribution < 1.29 is 14.3 Å². The molecular weight excluding hydrogens is 306 g/mol. The number of amides is 1. The van der Waals surface area contributed by atoms with E-state index in [9.17, 15) is 14.4 Å². The SMILES string of the molecule is CCCCN(C)C(=O)CSc1nc(CC(=O)OC)cc(=O)[nH]1. The average molecular weight is 327 g/mol. The van der Waals surface area contributed by atoms with E-state index in [0.717, 1.165) is 24.6 Å². The minimum atomic E-state index is -0.468. The van der Waals surface area contributed by atoms with Gasteiger partial charge in [0.2, 0.25) is 5.91 Å². The zero-order valence-electron chi connectivity index (χ0n) is 13.0. The third-order valence-electron chi connectivity index (χ3n) is 2.93. The van der Waals surface area contributed by atoms with Crippen LogP contribution in [0.25, 0.3) is 0 Å². The quantitative estimate of drug-likeness (QED) is 0.432. The minimum Gasteiger partial charge on any atom is -0.469 e. The van der Waals surface area contributed by atoms with Crippen molar-refractivity contribution in [1.29, 1.82) is 0 Å². The molecule has 1 heterocycles. The second-order valence-electron chi connectivity index (χ2n) is 4.75. The van der Waals surface area contributed by atoms with Gasteiger partial charge < -0.3 is 14.6 Å². The summed E-state index contributed by atoms with van der Waals surface area (Å²) in [6.07, 6.45) is 1.91. The number of carbonyl (C=O) groups excluding carboxylic acids is 2. The topological polar surface area (TPSA) is 92.4 Å². The predicted octanol–water partition coefficient (Wildman–Crippen LogP) is 0.836. The summed E-state index contributed by atoms with van der Waals surface area (Å²) >= 11 is 1.14. The van der Waals surface area contributed by atoms with Gasteiger partial charge in [-0.1, -0.05) is 25.1 Å². The Bertz CT molecular complexity index is 573. The van der Waals surface area contributed by atoms with Crippen molar-refractivity contribution in [1.82, 2.24) is 14.9 Å². The maximum absolute atomic E-state index is 11.9. The van der Waals surface area contributed by atoms with Crippen LogP contribution in [0.4, 0.5) is 0 Å². The number of H-pyrrole nitrogens is 1. The van der Waals surface area contributed by atoms with E-state index in [1.165, 1.54) is 13.2 Å². The van der Waals surface area contributed by atoms with Crippen LogP contribution in [0.2, 0.25) is 0 Å². The first kappa shape index (κ1) is 18.2. The van der Waals surface area contributed by atoms with Gasteiger partial charge in [-0.2, -0.15) is 0 Å². The summed E-state index contributed by atoms with van der Waals surface area (Å²) in [6, 6.07) is 1.25. The Morgan fingerprint density at radius 1 is 1.45 bits per heavy atom. The molecule has 1 rings (SSSR count). The molecule has 0 saturated heterocycles. The molecule has 0 aliphatic rings. The first-order valence-corrected chi connectivity index (χ1v) is 7.98. The largest absolute Gasteiger partial charge is 0.469 e. The number of carbonyl (C=O) groups is 2. The molecule has 0 fully saturated rings. The number of unbranched alkanes of at least 4 members (excludes halogenated alkanes) is 1. The van der Waals surface area contributed by atoms with Gasteiger partial charge >= 0.3 is 5.97 Å². The molecule has 0 aliphatic heterocycles. The van der Waals surface area contributed by atoms with Crippen LogP contribution < -0.4 is 5.56 Å². The van der Waals surface area contributed by atoms with Crippen molar-refractivity contribution in [2.24, 2.45) is 0 Å². The minimum absolute atomic E-state index is 0.0283. The summed E-state index contributed by atoms with van der Waals surface area (Å²) in [5, 5.41) is 0.323. The molecule has 0 spiro atoms. The van der Waals surface area contributed by atoms with Gasteiger partial charge in [0.05, 0.1) is 25.0 Å². The van der Waals surface area contributed by atoms with Gasteiger partial charge in [-0.05, 0) is 6.42 Å². The molecule has 7 nitrogen and oxygen atoms in total. The number of aromatic nitrogens is 2. The van der Waals surface area contributed by atoms with Crippen molar-refractivity contribution in [2.45, 2.75) is 31.3 Å². The van der Waals surface area contributed by atoms with Gasteiger partial charge in [0.1, 0.15) is 0 Å². The summed E-state index contributed by atoms with van der Waals surface area (Å²) in [5.41, 5.74) is -0.0342. The lowest BCUT2D eigenvalue weighted by Crippen LogP contribution is -2.29. The molecule has 0 atom stereocenters. The Labute approximate surface area is 133 Å². The van der Waals surface area contributed by atoms with Crippen LogP contribution in [0.3, 0.4) is 0 Å². The average Bonchev–Trinajstić information content (AvgIpc) is 2.49. The van der Waals surface area contributed by atoms with E-state index in [1.807, 2.05) is 0 Å². The zero-order valence-corrected chi connectivity index (χ0v) is 13.9. The lowest BCUT2D eigenvalue weighted by atomic mass is 10.3. The van der Waals surface area contributed by atoms with E-state index in [0.29, 0.717) is 17.4 Å². The van der Waals surface area contributed by atoms with Gasteiger partial charge in [0.15, 0.2) is 5.16 Å². The number of nitrogens with one attached hydrogen (secondary N) is 1. The number of rotatable bonds is 8. The van der Waals surface area contributed by atoms with Gasteiger partial charge in [0, 0.05) is 19.7 Å². The Morgan fingerprint density at radius 2 is 2.18 bits per heavy atom. The number of aromatic amines is 1. The molecule has 1 aromatic heterocycles. The highest BCUT2D eigenvalue weighted by Gasteiger charge is 2.11. The highest BCUT2D eigenvalue weighted by molar-refractivity contribution is 7.99. The molecule has 0 unspecified atom stereocenters. The standard InChI is InChI=1S/C14H21N3O4S/c1-4-5-6-17(2)12(19)9-22-14-15-10(7-11(18)16-14)8-13(20)21-3/h7H,4-6,8-9H2,1-3H3,(H,15,16,18). The van der Waals surface area contributed by atoms with Crippen molar-refractivity contribution in [3.8, 4) is 0 Å². The highest BCUT2D eigenvalue weighted by Crippen LogP contribution is 2.12. The van der Waals surface area contributed by atoms with Crippen molar-refractivity contribution >= 4 is 23.6 Å². The Hall–Kier alpha value is -1.83. The number of esters is 1. The van der Waals surface area contributed by atoms with E-state index in [1.54, 1.807) is 11.9 Å². The Kier molecular flexibility index (Phi) is 7.65. The number of hydrogen-bond donors (Lipinski definition) is 1. The summed E-state index contributed by atoms with van der Waals surface area (Å²) in [5.74, 6) is -0.311. The Balaban J connectivity index is 2.64. The molecule has 0 saturated carbocycles. The number of nitrogens with zero attached hydrogens (tertiary/aromatic N) is 2. The van der Waals surface area contributed by atoms with Gasteiger partial charge in [0.25, 0.3) is 5.56 Å². The predicted molar refractivity (Wildman–Crippen MR) is 83.8 cm³/mol. The van der Waals surface area contributed by atoms with Crippen LogP contribution in [0.5, 0.6) is 0 Å². The molecule has 0 radical (unpaired) electrons. The smallest absolute Gasteiger partial charge is 0.311 e. The number of ether oxygens (including phenoxy) is 1. The van der Waals surface area contributed by atoms with Crippen LogP contribution in [0.15, 0.2) is 16.0 Å². The fourth-order valence-electron chi connectivity index (χ4n) is 1.62. The summed E-state index contributed by atoms with van der Waals surface area (Å²) in [7, 11) is 3.03. The molecule has 0 aromatic carbocycles. The van der Waals surface area contributed by atoms with E-state index < -0.39 is 5.97 Å². The normalized spacial score (nSPS) is 10.3. The van der Waals surface area contributed by atoms with Crippen molar-refractivity contribution in [3.05, 3.63) is 22.1 Å². The van der Waals surface area contributed by atoms with E-state index in [2.05, 4.69) is 21.6 Å². The highest BCUT2D eigenvalue weighted by atomic mass is 32.2. The maximum atomic E-state index is 11.9. The number of thioether (sulfide) groups is 1. The van der Waals surface area contributed by atoms with Gasteiger partial charge in [-0.15, -0.1) is 0 Å². The zero-order chi connectivity index (χ0) is 16.5. The lowest BCUT2D eigenvalue weighted by Gasteiger charge is -2.16. The van der Waals surface area contributed by atoms with E-state index in [-0.39, 0.29) is 23.6 Å². The Morgan fingerprint density at radius 3 is 2.82 bits per heavy atom. The summed E-state index contributed by atoms with van der Waals surface area (Å²) < 4.78 is 4.54. The molecule has 1 aromatic rings. The molecule has 0 bridgehead atoms. The number of hydrogen-bond acceptors (Lipinski definition) is 6. The molecule has 22 heavy (non-hydrogen) atoms. The molecule has 1 amide bonds. The first-order chi connectivity index (χ1) is 10.5. The fourth-order valence-corrected chi connectivity index (χ4v) is 2.46. The van der Waals surface area contributed by atoms with Crippen LogP contribution in [-0.4, -0.2) is 53.2 Å². The summed E-state index contributed by atoms with van der Waals surface area (Å²) in [6.45, 7) is 2.77. The van der Waals surface area contributed by atoms with Crippen LogP contribution in [0.1, 0.15) is 25.5 Å². The van der Waals surface area contributed by atoms with Gasteiger partial charge in [-0.25, -0.2) is 4.98 Å². The third-order valence-corrected chi connectivity index (χ3v) is 3.79. The van der Waals surface area contributed by atoms with E-state index >= 15 is 0 Å². The van der Waals surface area contributed by atoms with Crippen molar-refractivity contribution in [2.75, 3.05) is 26.5 Å². The molecule has 1 N–H and O–H groups in total. The first-order valence-electron chi connectivity index (χ1n) is 7.00. The monoisotopic (exact) mass is 327 g/mol. The third kappa shape index (κ3) is 6.30. The second kappa shape index (κ2) is 9.24. The van der Waals surface area contributed by atoms with Crippen LogP contribution >= 0.6 is 11.8 Å². The van der Waals surface area contributed by atoms with Crippen molar-refractivity contribution in [3.63, 3.8) is 0 Å². The summed E-state index contributed by atoms with van der Waals surface area (Å²) in [4.78, 5) is 43.0. The molecular formula is C14H21N3O4S. The van der Waals surface area contributed by atoms with Gasteiger partial charge in [-0.3, -0.25) is 14.4 Å².